The van der Waals surface area contributed by atoms with Gasteiger partial charge in [0.25, 0.3) is 0 Å². The van der Waals surface area contributed by atoms with Crippen molar-refractivity contribution in [1.82, 2.24) is 0 Å². The van der Waals surface area contributed by atoms with Crippen molar-refractivity contribution in [1.29, 1.82) is 0 Å². The molecule has 0 saturated heterocycles. The van der Waals surface area contributed by atoms with E-state index in [1.165, 1.54) is 5.56 Å². The predicted octanol–water partition coefficient (Wildman–Crippen LogP) is 6.49. The molecule has 0 radical (unpaired) electrons. The Balaban J connectivity index is 2.55. The number of benzene rings is 2. The summed E-state index contributed by atoms with van der Waals surface area (Å²) in [6.45, 7) is 12.9. The highest BCUT2D eigenvalue weighted by atomic mass is 79.9. The van der Waals surface area contributed by atoms with Gasteiger partial charge in [0, 0.05) is 15.7 Å². The number of aromatic hydroxyl groups is 1. The molecule has 0 aliphatic carbocycles. The minimum absolute atomic E-state index is 0.0177. The first-order chi connectivity index (χ1) is 10.5. The van der Waals surface area contributed by atoms with Crippen LogP contribution in [0.2, 0.25) is 0 Å². The fraction of sp³-hybridized carbons (Fsp3) is 0.400. The third kappa shape index (κ3) is 4.29. The van der Waals surface area contributed by atoms with Gasteiger partial charge >= 0.3 is 0 Å². The SMILES string of the molecule is CC(C)(C)c1cc(Nc2ccc(Br)cc2)c(O)c(C(C)(C)C)c1. The Kier molecular flexibility index (Phi) is 4.81. The Morgan fingerprint density at radius 3 is 1.91 bits per heavy atom. The largest absolute Gasteiger partial charge is 0.505 e. The molecule has 124 valence electrons. The minimum atomic E-state index is -0.124. The highest BCUT2D eigenvalue weighted by Gasteiger charge is 2.25. The number of hydrogen-bond donors (Lipinski definition) is 2. The van der Waals surface area contributed by atoms with E-state index in [0.29, 0.717) is 5.75 Å². The lowest BCUT2D eigenvalue weighted by Gasteiger charge is -2.27. The Labute approximate surface area is 148 Å². The lowest BCUT2D eigenvalue weighted by atomic mass is 9.79. The van der Waals surface area contributed by atoms with Gasteiger partial charge in [-0.2, -0.15) is 0 Å². The third-order valence-electron chi connectivity index (χ3n) is 3.91. The second kappa shape index (κ2) is 6.20. The first-order valence-corrected chi connectivity index (χ1v) is 8.68. The molecular weight excluding hydrogens is 350 g/mol. The standard InChI is InChI=1S/C20H26BrNO/c1-19(2,3)13-11-16(20(4,5)6)18(23)17(12-13)22-15-9-7-14(21)8-10-15/h7-12,22-23H,1-6H3. The molecule has 2 N–H and O–H groups in total. The number of phenolic OH excluding ortho intramolecular Hbond substituents is 1. The summed E-state index contributed by atoms with van der Waals surface area (Å²) in [5.74, 6) is 0.327. The average molecular weight is 376 g/mol. The van der Waals surface area contributed by atoms with Crippen molar-refractivity contribution in [2.75, 3.05) is 5.32 Å². The molecule has 2 rings (SSSR count). The van der Waals surface area contributed by atoms with Crippen LogP contribution < -0.4 is 5.32 Å². The van der Waals surface area contributed by atoms with Crippen LogP contribution in [0.5, 0.6) is 5.75 Å². The fourth-order valence-corrected chi connectivity index (χ4v) is 2.69. The summed E-state index contributed by atoms with van der Waals surface area (Å²) >= 11 is 3.44. The number of rotatable bonds is 2. The second-order valence-electron chi connectivity index (χ2n) is 8.05. The van der Waals surface area contributed by atoms with Crippen molar-refractivity contribution in [3.8, 4) is 5.75 Å². The summed E-state index contributed by atoms with van der Waals surface area (Å²) in [6, 6.07) is 12.1. The van der Waals surface area contributed by atoms with Crippen LogP contribution in [-0.2, 0) is 10.8 Å². The maximum absolute atomic E-state index is 10.8. The lowest BCUT2D eigenvalue weighted by molar-refractivity contribution is 0.447. The Hall–Kier alpha value is -1.48. The Morgan fingerprint density at radius 1 is 0.870 bits per heavy atom. The number of anilines is 2. The van der Waals surface area contributed by atoms with Gasteiger partial charge in [-0.05, 0) is 46.7 Å². The zero-order valence-electron chi connectivity index (χ0n) is 14.8. The van der Waals surface area contributed by atoms with Crippen LogP contribution in [0.4, 0.5) is 11.4 Å². The fourth-order valence-electron chi connectivity index (χ4n) is 2.42. The van der Waals surface area contributed by atoms with Crippen LogP contribution in [0.25, 0.3) is 0 Å². The van der Waals surface area contributed by atoms with E-state index in [1.54, 1.807) is 0 Å². The van der Waals surface area contributed by atoms with E-state index in [4.69, 9.17) is 0 Å². The summed E-state index contributed by atoms with van der Waals surface area (Å²) < 4.78 is 1.03. The van der Waals surface area contributed by atoms with Crippen LogP contribution in [0, 0.1) is 0 Å². The van der Waals surface area contributed by atoms with E-state index in [0.717, 1.165) is 21.4 Å². The topological polar surface area (TPSA) is 32.3 Å². The summed E-state index contributed by atoms with van der Waals surface area (Å²) in [4.78, 5) is 0. The van der Waals surface area contributed by atoms with Crippen LogP contribution >= 0.6 is 15.9 Å². The van der Waals surface area contributed by atoms with Gasteiger partial charge < -0.3 is 10.4 Å². The number of nitrogens with one attached hydrogen (secondary N) is 1. The van der Waals surface area contributed by atoms with Crippen molar-refractivity contribution in [3.63, 3.8) is 0 Å². The molecule has 0 aliphatic heterocycles. The molecule has 0 aliphatic rings. The number of hydrogen-bond acceptors (Lipinski definition) is 2. The van der Waals surface area contributed by atoms with Gasteiger partial charge in [-0.25, -0.2) is 0 Å². The van der Waals surface area contributed by atoms with E-state index in [2.05, 4.69) is 68.9 Å². The normalized spacial score (nSPS) is 12.3. The molecule has 0 saturated carbocycles. The Bertz CT molecular complexity index is 691. The second-order valence-corrected chi connectivity index (χ2v) is 8.97. The molecule has 0 spiro atoms. The molecule has 2 aromatic rings. The van der Waals surface area contributed by atoms with Gasteiger partial charge in [0.1, 0.15) is 5.75 Å². The van der Waals surface area contributed by atoms with Gasteiger partial charge in [-0.15, -0.1) is 0 Å². The predicted molar refractivity (Wildman–Crippen MR) is 103 cm³/mol. The smallest absolute Gasteiger partial charge is 0.142 e. The molecule has 0 heterocycles. The highest BCUT2D eigenvalue weighted by Crippen LogP contribution is 2.41. The van der Waals surface area contributed by atoms with E-state index in [9.17, 15) is 5.11 Å². The summed E-state index contributed by atoms with van der Waals surface area (Å²) in [5, 5.41) is 14.1. The zero-order valence-corrected chi connectivity index (χ0v) is 16.4. The molecule has 0 bridgehead atoms. The van der Waals surface area contributed by atoms with Gasteiger partial charge in [0.2, 0.25) is 0 Å². The van der Waals surface area contributed by atoms with Crippen LogP contribution in [0.15, 0.2) is 40.9 Å². The Morgan fingerprint density at radius 2 is 1.43 bits per heavy atom. The first kappa shape index (κ1) is 17.9. The molecule has 23 heavy (non-hydrogen) atoms. The van der Waals surface area contributed by atoms with Crippen molar-refractivity contribution < 1.29 is 5.11 Å². The molecule has 0 aromatic heterocycles. The van der Waals surface area contributed by atoms with Crippen LogP contribution in [0.1, 0.15) is 52.7 Å². The average Bonchev–Trinajstić information content (AvgIpc) is 2.41. The van der Waals surface area contributed by atoms with Gasteiger partial charge in [-0.3, -0.25) is 0 Å². The maximum Gasteiger partial charge on any atom is 0.142 e. The molecular formula is C20H26BrNO. The highest BCUT2D eigenvalue weighted by molar-refractivity contribution is 9.10. The zero-order chi connectivity index (χ0) is 17.4. The van der Waals surface area contributed by atoms with Crippen LogP contribution in [0.3, 0.4) is 0 Å². The van der Waals surface area contributed by atoms with Gasteiger partial charge in [0.05, 0.1) is 5.69 Å². The lowest BCUT2D eigenvalue weighted by Crippen LogP contribution is -2.17. The van der Waals surface area contributed by atoms with Crippen molar-refractivity contribution >= 4 is 27.3 Å². The number of phenols is 1. The third-order valence-corrected chi connectivity index (χ3v) is 4.44. The minimum Gasteiger partial charge on any atom is -0.505 e. The van der Waals surface area contributed by atoms with Crippen LogP contribution in [-0.4, -0.2) is 5.11 Å². The molecule has 0 atom stereocenters. The maximum atomic E-state index is 10.8. The van der Waals surface area contributed by atoms with E-state index in [1.807, 2.05) is 30.3 Å². The van der Waals surface area contributed by atoms with E-state index >= 15 is 0 Å². The molecule has 2 nitrogen and oxygen atoms in total. The quantitative estimate of drug-likeness (QED) is 0.587. The molecule has 2 aromatic carbocycles. The van der Waals surface area contributed by atoms with Crippen molar-refractivity contribution in [3.05, 3.63) is 52.0 Å². The van der Waals surface area contributed by atoms with Crippen molar-refractivity contribution in [2.45, 2.75) is 52.4 Å². The monoisotopic (exact) mass is 375 g/mol. The van der Waals surface area contributed by atoms with Gasteiger partial charge in [0.15, 0.2) is 0 Å². The molecule has 0 unspecified atom stereocenters. The van der Waals surface area contributed by atoms with Gasteiger partial charge in [-0.1, -0.05) is 63.5 Å². The summed E-state index contributed by atoms with van der Waals surface area (Å²) in [6.07, 6.45) is 0. The first-order valence-electron chi connectivity index (χ1n) is 7.89. The molecule has 3 heteroatoms. The number of halogens is 1. The molecule has 0 amide bonds. The summed E-state index contributed by atoms with van der Waals surface area (Å²) in [5.41, 5.74) is 3.77. The van der Waals surface area contributed by atoms with Crippen molar-refractivity contribution in [2.24, 2.45) is 0 Å². The van der Waals surface area contributed by atoms with E-state index < -0.39 is 0 Å². The summed E-state index contributed by atoms with van der Waals surface area (Å²) in [7, 11) is 0. The van der Waals surface area contributed by atoms with E-state index in [-0.39, 0.29) is 10.8 Å². The molecule has 0 fully saturated rings.